The van der Waals surface area contributed by atoms with Crippen molar-refractivity contribution in [3.8, 4) is 5.75 Å². The number of phenols is 1. The number of urea groups is 1. The van der Waals surface area contributed by atoms with E-state index in [-0.39, 0.29) is 17.9 Å². The molecule has 1 aromatic carbocycles. The van der Waals surface area contributed by atoms with E-state index in [0.717, 1.165) is 0 Å². The Bertz CT molecular complexity index is 498. The summed E-state index contributed by atoms with van der Waals surface area (Å²) in [6, 6.07) is 6.24. The van der Waals surface area contributed by atoms with E-state index in [0.29, 0.717) is 31.9 Å². The predicted molar refractivity (Wildman–Crippen MR) is 72.7 cm³/mol. The molecule has 7 heteroatoms. The number of carbonyl (C=O) groups is 2. The summed E-state index contributed by atoms with van der Waals surface area (Å²) < 4.78 is 4.63. The first-order chi connectivity index (χ1) is 9.61. The molecule has 0 spiro atoms. The molecule has 0 radical (unpaired) electrons. The first-order valence-electron chi connectivity index (χ1n) is 6.28. The summed E-state index contributed by atoms with van der Waals surface area (Å²) in [7, 11) is 1.33. The number of nitrogens with zero attached hydrogens (tertiary/aromatic N) is 2. The number of amides is 3. The normalized spacial score (nSPS) is 14.8. The van der Waals surface area contributed by atoms with Crippen LogP contribution in [-0.2, 0) is 4.74 Å². The maximum atomic E-state index is 12.0. The number of phenolic OH excluding ortho intramolecular Hbond substituents is 1. The molecule has 0 saturated carbocycles. The summed E-state index contributed by atoms with van der Waals surface area (Å²) in [5, 5.41) is 12.2. The SMILES string of the molecule is COC(=O)N1CCN(C(=O)Nc2ccccc2O)CC1. The van der Waals surface area contributed by atoms with Crippen molar-refractivity contribution in [3.63, 3.8) is 0 Å². The maximum Gasteiger partial charge on any atom is 0.409 e. The molecule has 0 atom stereocenters. The molecular formula is C13H17N3O4. The van der Waals surface area contributed by atoms with Crippen molar-refractivity contribution in [3.05, 3.63) is 24.3 Å². The quantitative estimate of drug-likeness (QED) is 0.759. The lowest BCUT2D eigenvalue weighted by molar-refractivity contribution is 0.0992. The van der Waals surface area contributed by atoms with Crippen LogP contribution in [0.2, 0.25) is 0 Å². The molecule has 1 aromatic rings. The van der Waals surface area contributed by atoms with E-state index in [9.17, 15) is 14.7 Å². The average molecular weight is 279 g/mol. The summed E-state index contributed by atoms with van der Waals surface area (Å²) >= 11 is 0. The van der Waals surface area contributed by atoms with Gasteiger partial charge in [-0.25, -0.2) is 9.59 Å². The second kappa shape index (κ2) is 6.14. The van der Waals surface area contributed by atoms with Crippen molar-refractivity contribution in [2.45, 2.75) is 0 Å². The highest BCUT2D eigenvalue weighted by atomic mass is 16.5. The molecule has 0 unspecified atom stereocenters. The molecule has 1 saturated heterocycles. The maximum absolute atomic E-state index is 12.0. The molecule has 7 nitrogen and oxygen atoms in total. The van der Waals surface area contributed by atoms with Crippen LogP contribution in [0.5, 0.6) is 5.75 Å². The Hall–Kier alpha value is -2.44. The third-order valence-corrected chi connectivity index (χ3v) is 3.15. The van der Waals surface area contributed by atoms with Gasteiger partial charge in [0.2, 0.25) is 0 Å². The molecule has 108 valence electrons. The monoisotopic (exact) mass is 279 g/mol. The van der Waals surface area contributed by atoms with Crippen molar-refractivity contribution in [1.29, 1.82) is 0 Å². The van der Waals surface area contributed by atoms with Crippen molar-refractivity contribution in [2.75, 3.05) is 38.6 Å². The van der Waals surface area contributed by atoms with E-state index in [2.05, 4.69) is 10.1 Å². The van der Waals surface area contributed by atoms with Crippen LogP contribution < -0.4 is 5.32 Å². The smallest absolute Gasteiger partial charge is 0.409 e. The summed E-state index contributed by atoms with van der Waals surface area (Å²) in [4.78, 5) is 26.5. The van der Waals surface area contributed by atoms with Crippen molar-refractivity contribution in [1.82, 2.24) is 9.80 Å². The number of hydrogen-bond donors (Lipinski definition) is 2. The number of ether oxygens (including phenoxy) is 1. The lowest BCUT2D eigenvalue weighted by Gasteiger charge is -2.33. The number of benzene rings is 1. The van der Waals surface area contributed by atoms with Gasteiger partial charge >= 0.3 is 12.1 Å². The number of carbonyl (C=O) groups excluding carboxylic acids is 2. The third kappa shape index (κ3) is 3.11. The van der Waals surface area contributed by atoms with Gasteiger partial charge in [-0.15, -0.1) is 0 Å². The molecule has 20 heavy (non-hydrogen) atoms. The summed E-state index contributed by atoms with van der Waals surface area (Å²) in [6.45, 7) is 1.71. The van der Waals surface area contributed by atoms with Crippen LogP contribution in [0.3, 0.4) is 0 Å². The van der Waals surface area contributed by atoms with Crippen molar-refractivity contribution < 1.29 is 19.4 Å². The van der Waals surface area contributed by atoms with Gasteiger partial charge in [-0.05, 0) is 12.1 Å². The zero-order valence-electron chi connectivity index (χ0n) is 11.2. The molecule has 2 rings (SSSR count). The fourth-order valence-electron chi connectivity index (χ4n) is 1.99. The largest absolute Gasteiger partial charge is 0.506 e. The van der Waals surface area contributed by atoms with Crippen LogP contribution in [0.4, 0.5) is 15.3 Å². The Kier molecular flexibility index (Phi) is 4.29. The summed E-state index contributed by atoms with van der Waals surface area (Å²) in [5.74, 6) is 0.0223. The fraction of sp³-hybridized carbons (Fsp3) is 0.385. The summed E-state index contributed by atoms with van der Waals surface area (Å²) in [6.07, 6.45) is -0.384. The predicted octanol–water partition coefficient (Wildman–Crippen LogP) is 1.31. The van der Waals surface area contributed by atoms with Gasteiger partial charge in [0.05, 0.1) is 12.8 Å². The minimum Gasteiger partial charge on any atom is -0.506 e. The molecule has 2 N–H and O–H groups in total. The standard InChI is InChI=1S/C13H17N3O4/c1-20-13(19)16-8-6-15(7-9-16)12(18)14-10-4-2-3-5-11(10)17/h2-5,17H,6-9H2,1H3,(H,14,18). The van der Waals surface area contributed by atoms with E-state index in [1.165, 1.54) is 13.2 Å². The van der Waals surface area contributed by atoms with Crippen LogP contribution >= 0.6 is 0 Å². The first-order valence-corrected chi connectivity index (χ1v) is 6.28. The van der Waals surface area contributed by atoms with Gasteiger partial charge in [-0.1, -0.05) is 12.1 Å². The number of nitrogens with one attached hydrogen (secondary N) is 1. The first kappa shape index (κ1) is 14.0. The molecule has 0 bridgehead atoms. The minimum absolute atomic E-state index is 0.0223. The Labute approximate surface area is 116 Å². The van der Waals surface area contributed by atoms with Crippen LogP contribution in [0, 0.1) is 0 Å². The van der Waals surface area contributed by atoms with E-state index in [1.54, 1.807) is 28.0 Å². The Morgan fingerprint density at radius 3 is 2.35 bits per heavy atom. The number of para-hydroxylation sites is 2. The topological polar surface area (TPSA) is 82.1 Å². The van der Waals surface area contributed by atoms with Crippen LogP contribution in [0.1, 0.15) is 0 Å². The van der Waals surface area contributed by atoms with Gasteiger partial charge in [0.25, 0.3) is 0 Å². The van der Waals surface area contributed by atoms with Gasteiger partial charge in [-0.3, -0.25) is 0 Å². The van der Waals surface area contributed by atoms with E-state index < -0.39 is 0 Å². The van der Waals surface area contributed by atoms with Gasteiger partial charge < -0.3 is 25.0 Å². The zero-order chi connectivity index (χ0) is 14.5. The minimum atomic E-state index is -0.384. The Balaban J connectivity index is 1.89. The lowest BCUT2D eigenvalue weighted by atomic mass is 10.3. The molecular weight excluding hydrogens is 262 g/mol. The van der Waals surface area contributed by atoms with Crippen molar-refractivity contribution >= 4 is 17.8 Å². The van der Waals surface area contributed by atoms with Crippen LogP contribution in [-0.4, -0.2) is 60.3 Å². The van der Waals surface area contributed by atoms with Gasteiger partial charge in [0.15, 0.2) is 0 Å². The highest BCUT2D eigenvalue weighted by Gasteiger charge is 2.24. The van der Waals surface area contributed by atoms with Crippen LogP contribution in [0.25, 0.3) is 0 Å². The highest BCUT2D eigenvalue weighted by Crippen LogP contribution is 2.22. The van der Waals surface area contributed by atoms with E-state index >= 15 is 0 Å². The molecule has 0 aromatic heterocycles. The molecule has 1 heterocycles. The number of hydrogen-bond acceptors (Lipinski definition) is 4. The molecule has 1 aliphatic rings. The molecule has 1 fully saturated rings. The zero-order valence-corrected chi connectivity index (χ0v) is 11.2. The number of aromatic hydroxyl groups is 1. The Morgan fingerprint density at radius 2 is 1.75 bits per heavy atom. The average Bonchev–Trinajstić information content (AvgIpc) is 2.49. The Morgan fingerprint density at radius 1 is 1.15 bits per heavy atom. The number of piperazine rings is 1. The number of methoxy groups -OCH3 is 1. The van der Waals surface area contributed by atoms with Gasteiger partial charge in [-0.2, -0.15) is 0 Å². The van der Waals surface area contributed by atoms with E-state index in [1.807, 2.05) is 0 Å². The fourth-order valence-corrected chi connectivity index (χ4v) is 1.99. The summed E-state index contributed by atoms with van der Waals surface area (Å²) in [5.41, 5.74) is 0.368. The second-order valence-corrected chi connectivity index (χ2v) is 4.39. The highest BCUT2D eigenvalue weighted by molar-refractivity contribution is 5.91. The molecule has 1 aliphatic heterocycles. The third-order valence-electron chi connectivity index (χ3n) is 3.15. The number of rotatable bonds is 1. The number of anilines is 1. The van der Waals surface area contributed by atoms with Crippen LogP contribution in [0.15, 0.2) is 24.3 Å². The van der Waals surface area contributed by atoms with Crippen molar-refractivity contribution in [2.24, 2.45) is 0 Å². The van der Waals surface area contributed by atoms with E-state index in [4.69, 9.17) is 0 Å². The van der Waals surface area contributed by atoms with Gasteiger partial charge in [0, 0.05) is 26.2 Å². The molecule has 3 amide bonds. The van der Waals surface area contributed by atoms with Gasteiger partial charge in [0.1, 0.15) is 5.75 Å². The lowest BCUT2D eigenvalue weighted by Crippen LogP contribution is -2.51. The molecule has 0 aliphatic carbocycles. The second-order valence-electron chi connectivity index (χ2n) is 4.39.